The van der Waals surface area contributed by atoms with Crippen molar-refractivity contribution in [2.24, 2.45) is 11.8 Å². The lowest BCUT2D eigenvalue weighted by Crippen LogP contribution is -2.34. The molecular formula is C24H29NO3. The summed E-state index contributed by atoms with van der Waals surface area (Å²) >= 11 is 0. The first-order chi connectivity index (χ1) is 17.7. The quantitative estimate of drug-likeness (QED) is 0.736. The minimum absolute atomic E-state index is 0.0326. The number of ether oxygens (including phenoxy) is 2. The van der Waals surface area contributed by atoms with Crippen molar-refractivity contribution >= 4 is 5.78 Å². The summed E-state index contributed by atoms with van der Waals surface area (Å²) in [7, 11) is 2.59. The average Bonchev–Trinajstić information content (AvgIpc) is 3.18. The van der Waals surface area contributed by atoms with Gasteiger partial charge in [0.1, 0.15) is 0 Å². The third-order valence-electron chi connectivity index (χ3n) is 5.17. The molecule has 0 N–H and O–H groups in total. The Balaban J connectivity index is 1.56. The van der Waals surface area contributed by atoms with E-state index in [0.717, 1.165) is 0 Å². The molecule has 4 heteroatoms. The van der Waals surface area contributed by atoms with Gasteiger partial charge >= 0.3 is 0 Å². The number of carbonyl (C=O) groups is 1. The summed E-state index contributed by atoms with van der Waals surface area (Å²) in [6.45, 7) is 0.795. The second-order valence-corrected chi connectivity index (χ2v) is 6.95. The van der Waals surface area contributed by atoms with Gasteiger partial charge in [-0.3, -0.25) is 9.69 Å². The number of rotatable bonds is 6. The van der Waals surface area contributed by atoms with Crippen LogP contribution in [0.1, 0.15) is 54.4 Å². The van der Waals surface area contributed by atoms with Crippen molar-refractivity contribution in [1.29, 1.82) is 0 Å². The second kappa shape index (κ2) is 8.36. The Kier molecular flexibility index (Phi) is 3.12. The predicted octanol–water partition coefficient (Wildman–Crippen LogP) is 4.36. The van der Waals surface area contributed by atoms with Gasteiger partial charge in [0, 0.05) is 22.1 Å². The number of Topliss-reactive ketones (excluding diaryl/α,β-unsaturated/α-hetero) is 1. The summed E-state index contributed by atoms with van der Waals surface area (Å²) in [4.78, 5) is 15.4. The Morgan fingerprint density at radius 1 is 1.14 bits per heavy atom. The maximum atomic E-state index is 13.5. The van der Waals surface area contributed by atoms with Gasteiger partial charge in [-0.05, 0) is 67.9 Å². The standard InChI is InChI=1S/C24H29NO3/c1-27-22-14-19-13-20(24(26)21(19)15-23(22)28-2)12-17-8-10-25(11-9-17)16-18-6-4-3-5-7-18/h3-7,14-15,17,20H,8-13,16H2,1-2H3/i3D,4D,5D,6D,7D,12D2,14D,15D,20D. The van der Waals surface area contributed by atoms with Crippen LogP contribution in [0.2, 0.25) is 0 Å². The molecule has 1 saturated heterocycles. The number of likely N-dealkylation sites (tertiary alicyclic amines) is 1. The molecule has 1 aliphatic carbocycles. The molecular weight excluding hydrogens is 350 g/mol. The Bertz CT molecular complexity index is 1280. The van der Waals surface area contributed by atoms with Crippen molar-refractivity contribution in [1.82, 2.24) is 4.90 Å². The van der Waals surface area contributed by atoms with Gasteiger partial charge in [0.05, 0.1) is 23.8 Å². The maximum absolute atomic E-state index is 13.5. The van der Waals surface area contributed by atoms with Crippen molar-refractivity contribution < 1.29 is 28.0 Å². The van der Waals surface area contributed by atoms with Gasteiger partial charge in [-0.1, -0.05) is 30.2 Å². The molecule has 1 unspecified atom stereocenters. The highest BCUT2D eigenvalue weighted by Crippen LogP contribution is 2.39. The van der Waals surface area contributed by atoms with E-state index < -0.39 is 42.1 Å². The summed E-state index contributed by atoms with van der Waals surface area (Å²) in [6, 6.07) is -2.31. The van der Waals surface area contributed by atoms with Crippen LogP contribution in [0.15, 0.2) is 42.3 Å². The Morgan fingerprint density at radius 3 is 2.50 bits per heavy atom. The molecule has 1 heterocycles. The number of ketones is 1. The van der Waals surface area contributed by atoms with Crippen LogP contribution < -0.4 is 9.47 Å². The summed E-state index contributed by atoms with van der Waals surface area (Å²) in [5, 5.41) is 0. The van der Waals surface area contributed by atoms with E-state index in [1.54, 1.807) is 0 Å². The molecule has 28 heavy (non-hydrogen) atoms. The number of benzene rings is 2. The molecule has 2 aliphatic rings. The van der Waals surface area contributed by atoms with Crippen LogP contribution in [-0.2, 0) is 13.0 Å². The summed E-state index contributed by atoms with van der Waals surface area (Å²) in [6.07, 6.45) is -2.08. The first-order valence-electron chi connectivity index (χ1n) is 14.3. The first-order valence-corrected chi connectivity index (χ1v) is 9.29. The molecule has 1 atom stereocenters. The number of methoxy groups -OCH3 is 2. The van der Waals surface area contributed by atoms with Crippen LogP contribution in [0, 0.1) is 11.8 Å². The largest absolute Gasteiger partial charge is 0.493 e. The fourth-order valence-corrected chi connectivity index (χ4v) is 3.70. The van der Waals surface area contributed by atoms with Gasteiger partial charge in [0.15, 0.2) is 17.3 Å². The van der Waals surface area contributed by atoms with Crippen LogP contribution in [0.3, 0.4) is 0 Å². The molecule has 0 bridgehead atoms. The van der Waals surface area contributed by atoms with E-state index in [9.17, 15) is 4.79 Å². The minimum Gasteiger partial charge on any atom is -0.493 e. The van der Waals surface area contributed by atoms with Gasteiger partial charge in [-0.2, -0.15) is 0 Å². The van der Waals surface area contributed by atoms with Crippen molar-refractivity contribution in [3.8, 4) is 11.5 Å². The van der Waals surface area contributed by atoms with E-state index in [0.29, 0.717) is 13.1 Å². The van der Waals surface area contributed by atoms with Gasteiger partial charge in [-0.15, -0.1) is 0 Å². The second-order valence-electron chi connectivity index (χ2n) is 6.95. The van der Waals surface area contributed by atoms with Gasteiger partial charge in [-0.25, -0.2) is 0 Å². The molecule has 2 aromatic carbocycles. The normalized spacial score (nSPS) is 28.4. The Labute approximate surface area is 181 Å². The third-order valence-corrected chi connectivity index (χ3v) is 5.17. The fraction of sp³-hybridized carbons (Fsp3) is 0.458. The first kappa shape index (κ1) is 10.4. The molecule has 0 aromatic heterocycles. The highest BCUT2D eigenvalue weighted by molar-refractivity contribution is 6.02. The number of hydrogen-bond acceptors (Lipinski definition) is 4. The average molecular weight is 390 g/mol. The number of nitrogens with zero attached hydrogens (tertiary/aromatic N) is 1. The molecule has 148 valence electrons. The van der Waals surface area contributed by atoms with Crippen molar-refractivity contribution in [3.63, 3.8) is 0 Å². The number of hydrogen-bond donors (Lipinski definition) is 0. The van der Waals surface area contributed by atoms with Crippen LogP contribution in [0.25, 0.3) is 0 Å². The van der Waals surface area contributed by atoms with Gasteiger partial charge in [0.25, 0.3) is 0 Å². The zero-order chi connectivity index (χ0) is 28.3. The SMILES string of the molecule is [2H]c1c([2H])c([2H])c(CN2CCC(C([2H])([2H])C3([2H])Cc4c([2H])c(OC)c(OC)c([2H])c4C3=O)CC2)c([2H])c1[2H]. The lowest BCUT2D eigenvalue weighted by Gasteiger charge is -2.32. The molecule has 0 radical (unpaired) electrons. The minimum atomic E-state index is -2.29. The van der Waals surface area contributed by atoms with Gasteiger partial charge in [0.2, 0.25) is 0 Å². The predicted molar refractivity (Wildman–Crippen MR) is 110 cm³/mol. The molecule has 0 amide bonds. The summed E-state index contributed by atoms with van der Waals surface area (Å²) in [5.41, 5.74) is 0.102. The zero-order valence-electron chi connectivity index (χ0n) is 26.0. The number of carbonyl (C=O) groups excluding carboxylic acids is 1. The van der Waals surface area contributed by atoms with E-state index in [1.165, 1.54) is 14.2 Å². The molecule has 4 nitrogen and oxygen atoms in total. The monoisotopic (exact) mass is 389 g/mol. The van der Waals surface area contributed by atoms with Crippen molar-refractivity contribution in [3.05, 3.63) is 59.0 Å². The highest BCUT2D eigenvalue weighted by Gasteiger charge is 2.34. The lowest BCUT2D eigenvalue weighted by molar-refractivity contribution is 0.0895. The van der Waals surface area contributed by atoms with Crippen LogP contribution >= 0.6 is 0 Å². The molecule has 1 fully saturated rings. The summed E-state index contributed by atoms with van der Waals surface area (Å²) < 4.78 is 93.9. The lowest BCUT2D eigenvalue weighted by atomic mass is 9.85. The fourth-order valence-electron chi connectivity index (χ4n) is 3.70. The molecule has 0 saturated carbocycles. The van der Waals surface area contributed by atoms with E-state index >= 15 is 0 Å². The molecule has 1 aliphatic heterocycles. The molecule has 4 rings (SSSR count). The van der Waals surface area contributed by atoms with E-state index in [-0.39, 0.29) is 78.2 Å². The van der Waals surface area contributed by atoms with E-state index in [4.69, 9.17) is 23.2 Å². The smallest absolute Gasteiger partial charge is 0.166 e. The van der Waals surface area contributed by atoms with E-state index in [1.807, 2.05) is 4.90 Å². The van der Waals surface area contributed by atoms with Crippen LogP contribution in [-0.4, -0.2) is 38.0 Å². The van der Waals surface area contributed by atoms with E-state index in [2.05, 4.69) is 0 Å². The van der Waals surface area contributed by atoms with Crippen LogP contribution in [0.5, 0.6) is 11.5 Å². The number of piperidine rings is 1. The highest BCUT2D eigenvalue weighted by atomic mass is 16.5. The molecule has 2 aromatic rings. The summed E-state index contributed by atoms with van der Waals surface area (Å²) in [5.74, 6) is -3.90. The van der Waals surface area contributed by atoms with Crippen molar-refractivity contribution in [2.45, 2.75) is 32.2 Å². The van der Waals surface area contributed by atoms with Gasteiger partial charge < -0.3 is 9.47 Å². The van der Waals surface area contributed by atoms with Crippen LogP contribution in [0.4, 0.5) is 0 Å². The topological polar surface area (TPSA) is 38.8 Å². The zero-order valence-corrected chi connectivity index (χ0v) is 16.0. The number of fused-ring (bicyclic) bond motifs is 1. The Morgan fingerprint density at radius 2 is 1.82 bits per heavy atom. The molecule has 0 spiro atoms. The maximum Gasteiger partial charge on any atom is 0.166 e. The third kappa shape index (κ3) is 3.93. The Hall–Kier alpha value is -2.33. The van der Waals surface area contributed by atoms with Crippen molar-refractivity contribution in [2.75, 3.05) is 27.3 Å².